The van der Waals surface area contributed by atoms with Crippen LogP contribution in [0.1, 0.15) is 23.2 Å². The highest BCUT2D eigenvalue weighted by Crippen LogP contribution is 2.30. The van der Waals surface area contributed by atoms with Gasteiger partial charge in [-0.25, -0.2) is 4.79 Å². The summed E-state index contributed by atoms with van der Waals surface area (Å²) >= 11 is 0. The van der Waals surface area contributed by atoms with Gasteiger partial charge in [0.2, 0.25) is 0 Å². The molecular weight excluding hydrogens is 234 g/mol. The predicted octanol–water partition coefficient (Wildman–Crippen LogP) is 1.75. The first-order chi connectivity index (χ1) is 8.60. The molecule has 0 bridgehead atoms. The number of ether oxygens (including phenoxy) is 1. The molecule has 2 rings (SSSR count). The SMILES string of the molecule is COC(=O)c1cccc(NC2CC(C(=O)O)C2)c1. The van der Waals surface area contributed by atoms with Crippen LogP contribution in [0.2, 0.25) is 0 Å². The Hall–Kier alpha value is -2.04. The molecule has 0 radical (unpaired) electrons. The third-order valence-corrected chi connectivity index (χ3v) is 3.14. The Bertz CT molecular complexity index is 466. The van der Waals surface area contributed by atoms with E-state index < -0.39 is 5.97 Å². The van der Waals surface area contributed by atoms with Gasteiger partial charge in [0.25, 0.3) is 0 Å². The molecular formula is C13H15NO4. The van der Waals surface area contributed by atoms with E-state index in [9.17, 15) is 9.59 Å². The summed E-state index contributed by atoms with van der Waals surface area (Å²) in [5.74, 6) is -1.36. The number of methoxy groups -OCH3 is 1. The van der Waals surface area contributed by atoms with Crippen molar-refractivity contribution in [3.05, 3.63) is 29.8 Å². The summed E-state index contributed by atoms with van der Waals surface area (Å²) in [5.41, 5.74) is 1.29. The van der Waals surface area contributed by atoms with Gasteiger partial charge in [0, 0.05) is 11.7 Å². The maximum atomic E-state index is 11.3. The average Bonchev–Trinajstić information content (AvgIpc) is 2.32. The Kier molecular flexibility index (Phi) is 3.50. The Morgan fingerprint density at radius 2 is 2.11 bits per heavy atom. The van der Waals surface area contributed by atoms with Crippen LogP contribution in [0.3, 0.4) is 0 Å². The summed E-state index contributed by atoms with van der Waals surface area (Å²) in [6.07, 6.45) is 1.25. The van der Waals surface area contributed by atoms with Gasteiger partial charge in [-0.15, -0.1) is 0 Å². The largest absolute Gasteiger partial charge is 0.481 e. The number of anilines is 1. The van der Waals surface area contributed by atoms with Crippen molar-refractivity contribution in [3.8, 4) is 0 Å². The van der Waals surface area contributed by atoms with Crippen LogP contribution in [0, 0.1) is 5.92 Å². The number of hydrogen-bond donors (Lipinski definition) is 2. The van der Waals surface area contributed by atoms with Crippen LogP contribution in [0.4, 0.5) is 5.69 Å². The molecule has 1 fully saturated rings. The summed E-state index contributed by atoms with van der Waals surface area (Å²) in [6, 6.07) is 7.17. The molecule has 5 heteroatoms. The minimum Gasteiger partial charge on any atom is -0.481 e. The zero-order valence-electron chi connectivity index (χ0n) is 10.1. The van der Waals surface area contributed by atoms with E-state index in [0.717, 1.165) is 5.69 Å². The number of carbonyl (C=O) groups excluding carboxylic acids is 1. The van der Waals surface area contributed by atoms with Crippen LogP contribution >= 0.6 is 0 Å². The highest BCUT2D eigenvalue weighted by atomic mass is 16.5. The zero-order chi connectivity index (χ0) is 13.1. The molecule has 0 unspecified atom stereocenters. The Labute approximate surface area is 105 Å². The number of benzene rings is 1. The normalized spacial score (nSPS) is 21.8. The minimum absolute atomic E-state index is 0.166. The molecule has 0 amide bonds. The van der Waals surface area contributed by atoms with Gasteiger partial charge >= 0.3 is 11.9 Å². The Morgan fingerprint density at radius 1 is 1.39 bits per heavy atom. The second kappa shape index (κ2) is 5.08. The highest BCUT2D eigenvalue weighted by molar-refractivity contribution is 5.90. The summed E-state index contributed by atoms with van der Waals surface area (Å²) in [5, 5.41) is 12.0. The first-order valence-electron chi connectivity index (χ1n) is 5.78. The Morgan fingerprint density at radius 3 is 2.72 bits per heavy atom. The van der Waals surface area contributed by atoms with Crippen LogP contribution in [0.5, 0.6) is 0 Å². The van der Waals surface area contributed by atoms with Crippen molar-refractivity contribution in [2.24, 2.45) is 5.92 Å². The van der Waals surface area contributed by atoms with Gasteiger partial charge in [-0.05, 0) is 31.0 Å². The monoisotopic (exact) mass is 249 g/mol. The number of aliphatic carboxylic acids is 1. The molecule has 0 atom stereocenters. The van der Waals surface area contributed by atoms with Crippen molar-refractivity contribution in [2.45, 2.75) is 18.9 Å². The topological polar surface area (TPSA) is 75.6 Å². The number of carboxylic acid groups (broad SMARTS) is 1. The fourth-order valence-corrected chi connectivity index (χ4v) is 2.03. The van der Waals surface area contributed by atoms with Crippen molar-refractivity contribution in [2.75, 3.05) is 12.4 Å². The predicted molar refractivity (Wildman–Crippen MR) is 65.6 cm³/mol. The van der Waals surface area contributed by atoms with Crippen molar-refractivity contribution in [1.82, 2.24) is 0 Å². The van der Waals surface area contributed by atoms with E-state index in [4.69, 9.17) is 5.11 Å². The number of carboxylic acids is 1. The maximum absolute atomic E-state index is 11.3. The lowest BCUT2D eigenvalue weighted by atomic mass is 9.80. The van der Waals surface area contributed by atoms with Crippen LogP contribution in [-0.4, -0.2) is 30.2 Å². The molecule has 0 aromatic heterocycles. The summed E-state index contributed by atoms with van der Waals surface area (Å²) < 4.78 is 4.64. The van der Waals surface area contributed by atoms with Crippen molar-refractivity contribution in [3.63, 3.8) is 0 Å². The molecule has 1 aliphatic carbocycles. The van der Waals surface area contributed by atoms with Crippen LogP contribution in [0.15, 0.2) is 24.3 Å². The standard InChI is InChI=1S/C13H15NO4/c1-18-13(17)8-3-2-4-10(5-8)14-11-6-9(7-11)12(15)16/h2-5,9,11,14H,6-7H2,1H3,(H,15,16). The quantitative estimate of drug-likeness (QED) is 0.795. The molecule has 1 aromatic carbocycles. The van der Waals surface area contributed by atoms with E-state index in [1.54, 1.807) is 18.2 Å². The third-order valence-electron chi connectivity index (χ3n) is 3.14. The average molecular weight is 249 g/mol. The fourth-order valence-electron chi connectivity index (χ4n) is 2.03. The van der Waals surface area contributed by atoms with Crippen LogP contribution < -0.4 is 5.32 Å². The molecule has 0 saturated heterocycles. The van der Waals surface area contributed by atoms with Gasteiger partial charge in [0.15, 0.2) is 0 Å². The van der Waals surface area contributed by atoms with E-state index in [0.29, 0.717) is 18.4 Å². The molecule has 2 N–H and O–H groups in total. The van der Waals surface area contributed by atoms with Crippen molar-refractivity contribution < 1.29 is 19.4 Å². The molecule has 1 saturated carbocycles. The molecule has 0 spiro atoms. The van der Waals surface area contributed by atoms with Gasteiger partial charge in [0.1, 0.15) is 0 Å². The molecule has 5 nitrogen and oxygen atoms in total. The lowest BCUT2D eigenvalue weighted by Crippen LogP contribution is -2.39. The molecule has 96 valence electrons. The van der Waals surface area contributed by atoms with E-state index in [2.05, 4.69) is 10.1 Å². The maximum Gasteiger partial charge on any atom is 0.337 e. The highest BCUT2D eigenvalue weighted by Gasteiger charge is 2.34. The smallest absolute Gasteiger partial charge is 0.337 e. The number of esters is 1. The zero-order valence-corrected chi connectivity index (χ0v) is 10.1. The van der Waals surface area contributed by atoms with Gasteiger partial charge < -0.3 is 15.2 Å². The summed E-state index contributed by atoms with van der Waals surface area (Å²) in [4.78, 5) is 22.0. The molecule has 0 heterocycles. The molecule has 18 heavy (non-hydrogen) atoms. The first kappa shape index (κ1) is 12.4. The van der Waals surface area contributed by atoms with Crippen molar-refractivity contribution >= 4 is 17.6 Å². The minimum atomic E-state index is -0.739. The second-order valence-corrected chi connectivity index (χ2v) is 4.42. The molecule has 1 aromatic rings. The van der Waals surface area contributed by atoms with Crippen molar-refractivity contribution in [1.29, 1.82) is 0 Å². The molecule has 1 aliphatic rings. The van der Waals surface area contributed by atoms with E-state index >= 15 is 0 Å². The van der Waals surface area contributed by atoms with Crippen LogP contribution in [-0.2, 0) is 9.53 Å². The molecule has 0 aliphatic heterocycles. The fraction of sp³-hybridized carbons (Fsp3) is 0.385. The van der Waals surface area contributed by atoms with E-state index in [1.807, 2.05) is 6.07 Å². The second-order valence-electron chi connectivity index (χ2n) is 4.42. The first-order valence-corrected chi connectivity index (χ1v) is 5.78. The third kappa shape index (κ3) is 2.61. The lowest BCUT2D eigenvalue weighted by molar-refractivity contribution is -0.144. The number of carbonyl (C=O) groups is 2. The van der Waals surface area contributed by atoms with Gasteiger partial charge in [-0.1, -0.05) is 6.07 Å². The van der Waals surface area contributed by atoms with Gasteiger partial charge in [-0.3, -0.25) is 4.79 Å². The van der Waals surface area contributed by atoms with Gasteiger partial charge in [-0.2, -0.15) is 0 Å². The van der Waals surface area contributed by atoms with E-state index in [-0.39, 0.29) is 17.9 Å². The number of hydrogen-bond acceptors (Lipinski definition) is 4. The summed E-state index contributed by atoms with van der Waals surface area (Å²) in [7, 11) is 1.34. The summed E-state index contributed by atoms with van der Waals surface area (Å²) in [6.45, 7) is 0. The number of nitrogens with one attached hydrogen (secondary N) is 1. The van der Waals surface area contributed by atoms with E-state index in [1.165, 1.54) is 7.11 Å². The van der Waals surface area contributed by atoms with Crippen LogP contribution in [0.25, 0.3) is 0 Å². The Balaban J connectivity index is 1.95. The number of rotatable bonds is 4. The lowest BCUT2D eigenvalue weighted by Gasteiger charge is -2.33. The van der Waals surface area contributed by atoms with Gasteiger partial charge in [0.05, 0.1) is 18.6 Å².